The monoisotopic (exact) mass is 758 g/mol. The van der Waals surface area contributed by atoms with Gasteiger partial charge < -0.3 is 72.5 Å². The molecule has 0 bridgehead atoms. The summed E-state index contributed by atoms with van der Waals surface area (Å²) in [6, 6.07) is 8.47. The Bertz CT molecular complexity index is 1950. The summed E-state index contributed by atoms with van der Waals surface area (Å²) in [6.45, 7) is 1.08. The molecule has 18 nitrogen and oxygen atoms in total. The molecule has 4 heterocycles. The molecule has 2 fully saturated rings. The number of ether oxygens (including phenoxy) is 11. The van der Waals surface area contributed by atoms with Crippen LogP contribution in [0.3, 0.4) is 0 Å². The zero-order chi connectivity index (χ0) is 38.4. The fraction of sp³-hybridized carbons (Fsp3) is 0.472. The van der Waals surface area contributed by atoms with Crippen molar-refractivity contribution in [1.29, 1.82) is 0 Å². The Labute approximate surface area is 306 Å². The second kappa shape index (κ2) is 15.1. The molecule has 0 saturated carbocycles. The number of cyclic esters (lactones) is 1. The summed E-state index contributed by atoms with van der Waals surface area (Å²) in [5, 5.41) is 43.0. The van der Waals surface area contributed by atoms with Gasteiger partial charge in [-0.3, -0.25) is 9.59 Å². The van der Waals surface area contributed by atoms with Crippen LogP contribution >= 0.6 is 0 Å². The van der Waals surface area contributed by atoms with Crippen molar-refractivity contribution >= 4 is 28.7 Å². The molecule has 0 radical (unpaired) electrons. The number of fused-ring (bicyclic) bond motifs is 3. The Morgan fingerprint density at radius 1 is 0.796 bits per heavy atom. The topological polar surface area (TPSA) is 234 Å². The number of benzene rings is 3. The Morgan fingerprint density at radius 3 is 2.19 bits per heavy atom. The summed E-state index contributed by atoms with van der Waals surface area (Å²) in [7, 11) is 2.89. The molecular formula is C36H38O18. The van der Waals surface area contributed by atoms with Gasteiger partial charge in [0.2, 0.25) is 13.1 Å². The number of esters is 3. The standard InChI is InChI=1S/C36H38O18/c1-14(37)51-32-25(12-48-35-29(41)28(40)20(39)11-47-35)53-36(30(42)33(32)52-15(2)38)54-31-18-9-23(45-4)22(44-3)8-17(18)26(27-19(31)10-46-34(27)43)16-5-6-21-24(7-16)50-13-49-21/h5-9,20,25,28-30,32-33,35-36,39-42H,10-13H2,1-4H3/t20-,25+,28-,29+,30+,32-,33+,35-,36-/m0/s1. The first-order valence-corrected chi connectivity index (χ1v) is 16.8. The molecule has 0 aliphatic carbocycles. The maximum Gasteiger partial charge on any atom is 0.339 e. The summed E-state index contributed by atoms with van der Waals surface area (Å²) in [5.41, 5.74) is 1.46. The fourth-order valence-corrected chi connectivity index (χ4v) is 6.91. The highest BCUT2D eigenvalue weighted by atomic mass is 16.7. The maximum absolute atomic E-state index is 13.5. The van der Waals surface area contributed by atoms with Gasteiger partial charge in [-0.15, -0.1) is 0 Å². The predicted octanol–water partition coefficient (Wildman–Crippen LogP) is 0.707. The van der Waals surface area contributed by atoms with Gasteiger partial charge in [0.05, 0.1) is 33.0 Å². The zero-order valence-electron chi connectivity index (χ0n) is 29.4. The van der Waals surface area contributed by atoms with Crippen LogP contribution < -0.4 is 23.7 Å². The summed E-state index contributed by atoms with van der Waals surface area (Å²) >= 11 is 0. The first-order valence-electron chi connectivity index (χ1n) is 16.8. The summed E-state index contributed by atoms with van der Waals surface area (Å²) in [4.78, 5) is 38.1. The lowest BCUT2D eigenvalue weighted by atomic mass is 9.89. The van der Waals surface area contributed by atoms with Crippen LogP contribution in [0, 0.1) is 0 Å². The normalized spacial score (nSPS) is 28.6. The minimum Gasteiger partial charge on any atom is -0.493 e. The van der Waals surface area contributed by atoms with E-state index >= 15 is 0 Å². The predicted molar refractivity (Wildman–Crippen MR) is 178 cm³/mol. The molecule has 18 heteroatoms. The second-order valence-electron chi connectivity index (χ2n) is 12.8. The number of carbonyl (C=O) groups is 3. The lowest BCUT2D eigenvalue weighted by Crippen LogP contribution is -2.63. The third-order valence-corrected chi connectivity index (χ3v) is 9.41. The Kier molecular flexibility index (Phi) is 10.4. The van der Waals surface area contributed by atoms with Crippen LogP contribution in [0.5, 0.6) is 28.7 Å². The van der Waals surface area contributed by atoms with E-state index in [4.69, 9.17) is 52.1 Å². The molecule has 4 aliphatic heterocycles. The first-order chi connectivity index (χ1) is 25.9. The molecule has 7 rings (SSSR count). The molecule has 290 valence electrons. The number of hydrogen-bond donors (Lipinski definition) is 4. The minimum absolute atomic E-state index is 0.0270. The van der Waals surface area contributed by atoms with E-state index in [1.165, 1.54) is 14.2 Å². The zero-order valence-corrected chi connectivity index (χ0v) is 29.4. The number of hydrogen-bond acceptors (Lipinski definition) is 18. The molecule has 54 heavy (non-hydrogen) atoms. The van der Waals surface area contributed by atoms with E-state index in [-0.39, 0.29) is 36.9 Å². The lowest BCUT2D eigenvalue weighted by molar-refractivity contribution is -0.310. The molecule has 3 aromatic rings. The van der Waals surface area contributed by atoms with Crippen molar-refractivity contribution in [2.45, 2.75) is 75.8 Å². The first kappa shape index (κ1) is 37.4. The van der Waals surface area contributed by atoms with Gasteiger partial charge in [0.15, 0.2) is 47.6 Å². The van der Waals surface area contributed by atoms with Crippen molar-refractivity contribution in [3.05, 3.63) is 41.5 Å². The third-order valence-electron chi connectivity index (χ3n) is 9.41. The lowest BCUT2D eigenvalue weighted by Gasteiger charge is -2.44. The van der Waals surface area contributed by atoms with E-state index in [2.05, 4.69) is 0 Å². The van der Waals surface area contributed by atoms with Crippen molar-refractivity contribution in [3.8, 4) is 39.9 Å². The molecular weight excluding hydrogens is 720 g/mol. The Balaban J connectivity index is 1.33. The SMILES string of the molecule is COc1cc2c(O[C@@H]3O[C@H](CO[C@@H]4OC[C@H](O)[C@H](O)[C@H]4O)[C@H](OC(C)=O)[C@H](OC(C)=O)[C@H]3O)c3c(c(-c4ccc5c(c4)OCO5)c2cc1OC)C(=O)OC3. The van der Waals surface area contributed by atoms with Crippen LogP contribution in [-0.2, 0) is 44.6 Å². The quantitative estimate of drug-likeness (QED) is 0.165. The van der Waals surface area contributed by atoms with Gasteiger partial charge in [0, 0.05) is 30.4 Å². The van der Waals surface area contributed by atoms with E-state index in [1.807, 2.05) is 0 Å². The summed E-state index contributed by atoms with van der Waals surface area (Å²) in [5.74, 6) is -0.685. The second-order valence-corrected chi connectivity index (χ2v) is 12.8. The average molecular weight is 759 g/mol. The highest BCUT2D eigenvalue weighted by Gasteiger charge is 2.52. The van der Waals surface area contributed by atoms with Crippen molar-refractivity contribution < 1.29 is 86.9 Å². The van der Waals surface area contributed by atoms with Crippen LogP contribution in [0.4, 0.5) is 0 Å². The number of carbonyl (C=O) groups excluding carboxylic acids is 3. The largest absolute Gasteiger partial charge is 0.493 e. The number of aliphatic hydroxyl groups excluding tert-OH is 4. The van der Waals surface area contributed by atoms with Crippen LogP contribution in [0.15, 0.2) is 30.3 Å². The van der Waals surface area contributed by atoms with Gasteiger partial charge in [-0.25, -0.2) is 4.79 Å². The highest BCUT2D eigenvalue weighted by Crippen LogP contribution is 2.50. The number of aliphatic hydroxyl groups is 4. The van der Waals surface area contributed by atoms with Gasteiger partial charge in [0.25, 0.3) is 0 Å². The molecule has 3 aromatic carbocycles. The molecule has 0 aromatic heterocycles. The molecule has 4 aliphatic rings. The summed E-state index contributed by atoms with van der Waals surface area (Å²) < 4.78 is 62.5. The van der Waals surface area contributed by atoms with E-state index < -0.39 is 79.8 Å². The van der Waals surface area contributed by atoms with Gasteiger partial charge in [-0.1, -0.05) is 6.07 Å². The Morgan fingerprint density at radius 2 is 1.48 bits per heavy atom. The van der Waals surface area contributed by atoms with Crippen LogP contribution in [0.2, 0.25) is 0 Å². The van der Waals surface area contributed by atoms with Crippen molar-refractivity contribution in [2.75, 3.05) is 34.2 Å². The van der Waals surface area contributed by atoms with E-state index in [0.717, 1.165) is 13.8 Å². The van der Waals surface area contributed by atoms with E-state index in [9.17, 15) is 34.8 Å². The third kappa shape index (κ3) is 6.81. The molecule has 9 atom stereocenters. The van der Waals surface area contributed by atoms with Crippen molar-refractivity contribution in [1.82, 2.24) is 0 Å². The average Bonchev–Trinajstić information content (AvgIpc) is 3.78. The Hall–Kier alpha value is -4.95. The van der Waals surface area contributed by atoms with Crippen LogP contribution in [-0.4, -0.2) is 128 Å². The fourth-order valence-electron chi connectivity index (χ4n) is 6.91. The molecule has 0 unspecified atom stereocenters. The number of methoxy groups -OCH3 is 2. The molecule has 0 amide bonds. The molecule has 2 saturated heterocycles. The number of rotatable bonds is 10. The van der Waals surface area contributed by atoms with Crippen LogP contribution in [0.25, 0.3) is 21.9 Å². The van der Waals surface area contributed by atoms with Gasteiger partial charge >= 0.3 is 17.9 Å². The smallest absolute Gasteiger partial charge is 0.339 e. The summed E-state index contributed by atoms with van der Waals surface area (Å²) in [6.07, 6.45) is -14.0. The van der Waals surface area contributed by atoms with Gasteiger partial charge in [-0.2, -0.15) is 0 Å². The minimum atomic E-state index is -1.81. The van der Waals surface area contributed by atoms with Gasteiger partial charge in [0.1, 0.15) is 36.8 Å². The highest BCUT2D eigenvalue weighted by molar-refractivity contribution is 6.14. The van der Waals surface area contributed by atoms with E-state index in [1.54, 1.807) is 30.3 Å². The van der Waals surface area contributed by atoms with E-state index in [0.29, 0.717) is 44.9 Å². The van der Waals surface area contributed by atoms with Gasteiger partial charge in [-0.05, 0) is 35.2 Å². The van der Waals surface area contributed by atoms with Crippen molar-refractivity contribution in [3.63, 3.8) is 0 Å². The maximum atomic E-state index is 13.5. The van der Waals surface area contributed by atoms with Crippen molar-refractivity contribution in [2.24, 2.45) is 0 Å². The molecule has 0 spiro atoms. The molecule has 4 N–H and O–H groups in total. The van der Waals surface area contributed by atoms with Crippen LogP contribution in [0.1, 0.15) is 29.8 Å².